The fourth-order valence-corrected chi connectivity index (χ4v) is 5.29. The van der Waals surface area contributed by atoms with Gasteiger partial charge in [0.05, 0.1) is 17.7 Å². The van der Waals surface area contributed by atoms with Gasteiger partial charge in [-0.1, -0.05) is 12.1 Å². The van der Waals surface area contributed by atoms with Crippen LogP contribution in [0.2, 0.25) is 0 Å². The maximum atomic E-state index is 12.9. The third-order valence-corrected chi connectivity index (χ3v) is 7.17. The van der Waals surface area contributed by atoms with E-state index in [-0.39, 0.29) is 11.5 Å². The van der Waals surface area contributed by atoms with Crippen molar-refractivity contribution in [3.8, 4) is 17.6 Å². The van der Waals surface area contributed by atoms with E-state index in [2.05, 4.69) is 6.07 Å². The molecule has 0 bridgehead atoms. The van der Waals surface area contributed by atoms with Crippen LogP contribution in [0.1, 0.15) is 42.4 Å². The molecule has 2 aliphatic rings. The molecule has 0 radical (unpaired) electrons. The molecule has 1 saturated carbocycles. The summed E-state index contributed by atoms with van der Waals surface area (Å²) < 4.78 is 11.7. The van der Waals surface area contributed by atoms with Crippen molar-refractivity contribution >= 4 is 12.2 Å². The minimum Gasteiger partial charge on any atom is -0.457 e. The van der Waals surface area contributed by atoms with Gasteiger partial charge >= 0.3 is 0 Å². The van der Waals surface area contributed by atoms with Crippen LogP contribution in [0.15, 0.2) is 47.5 Å². The molecular formula is C26H30N4O3. The highest BCUT2D eigenvalue weighted by atomic mass is 16.5. The first-order chi connectivity index (χ1) is 15.9. The second-order valence-corrected chi connectivity index (χ2v) is 9.20. The Bertz CT molecular complexity index is 1110. The summed E-state index contributed by atoms with van der Waals surface area (Å²) in [6.45, 7) is 0. The summed E-state index contributed by atoms with van der Waals surface area (Å²) in [5.74, 6) is 1.47. The van der Waals surface area contributed by atoms with Crippen molar-refractivity contribution in [2.45, 2.75) is 43.7 Å². The Balaban J connectivity index is 1.79. The highest BCUT2D eigenvalue weighted by molar-refractivity contribution is 5.84. The summed E-state index contributed by atoms with van der Waals surface area (Å²) >= 11 is 0. The fraction of sp³-hybridized carbons (Fsp3) is 0.423. The molecule has 7 heteroatoms. The molecular weight excluding hydrogens is 416 g/mol. The predicted octanol–water partition coefficient (Wildman–Crippen LogP) is 3.75. The second-order valence-electron chi connectivity index (χ2n) is 9.20. The number of fused-ring (bicyclic) bond motifs is 1. The van der Waals surface area contributed by atoms with E-state index < -0.39 is 5.54 Å². The van der Waals surface area contributed by atoms with E-state index in [0.29, 0.717) is 23.0 Å². The first-order valence-corrected chi connectivity index (χ1v) is 11.2. The van der Waals surface area contributed by atoms with Crippen LogP contribution in [-0.4, -0.2) is 44.5 Å². The third kappa shape index (κ3) is 3.96. The van der Waals surface area contributed by atoms with Gasteiger partial charge in [0.1, 0.15) is 11.5 Å². The summed E-state index contributed by atoms with van der Waals surface area (Å²) in [5, 5.41) is 9.18. The Hall–Kier alpha value is -3.37. The van der Waals surface area contributed by atoms with Crippen LogP contribution in [0.4, 0.5) is 0 Å². The number of aliphatic imine (C=N–C) groups is 1. The van der Waals surface area contributed by atoms with E-state index >= 15 is 0 Å². The first kappa shape index (κ1) is 22.8. The van der Waals surface area contributed by atoms with Gasteiger partial charge in [-0.25, -0.2) is 4.99 Å². The van der Waals surface area contributed by atoms with E-state index in [9.17, 15) is 10.1 Å². The highest BCUT2D eigenvalue weighted by Gasteiger charge is 2.59. The molecule has 2 N–H and O–H groups in total. The molecule has 0 saturated heterocycles. The van der Waals surface area contributed by atoms with Gasteiger partial charge in [0.2, 0.25) is 0 Å². The standard InChI is InChI=1S/C26H30N4O3/c1-30(2)24(28)29-26(17-31)23-14-22(33-21-6-4-5-18(13-21)16-27)8-7-19(23)15-25(26)11-9-20(32-3)10-12-25/h4-8,13-14,17,20H,9-12,15H2,1-3H3,(H2,28,29)/t20?,25?,26-/m1/s1. The lowest BCUT2D eigenvalue weighted by molar-refractivity contribution is -0.118. The Morgan fingerprint density at radius 2 is 1.94 bits per heavy atom. The van der Waals surface area contributed by atoms with Crippen molar-refractivity contribution in [2.24, 2.45) is 16.1 Å². The first-order valence-electron chi connectivity index (χ1n) is 11.2. The number of hydrogen-bond acceptors (Lipinski definition) is 5. The average molecular weight is 447 g/mol. The van der Waals surface area contributed by atoms with Gasteiger partial charge in [-0.2, -0.15) is 5.26 Å². The zero-order valence-corrected chi connectivity index (χ0v) is 19.4. The van der Waals surface area contributed by atoms with Crippen molar-refractivity contribution in [3.63, 3.8) is 0 Å². The molecule has 0 unspecified atom stereocenters. The molecule has 0 amide bonds. The number of hydrogen-bond donors (Lipinski definition) is 1. The number of rotatable bonds is 5. The number of aldehydes is 1. The maximum absolute atomic E-state index is 12.9. The molecule has 7 nitrogen and oxygen atoms in total. The lowest BCUT2D eigenvalue weighted by atomic mass is 9.62. The van der Waals surface area contributed by atoms with Crippen LogP contribution in [0.3, 0.4) is 0 Å². The predicted molar refractivity (Wildman–Crippen MR) is 126 cm³/mol. The van der Waals surface area contributed by atoms with Gasteiger partial charge in [-0.15, -0.1) is 0 Å². The Morgan fingerprint density at radius 3 is 2.58 bits per heavy atom. The minimum absolute atomic E-state index is 0.199. The number of nitriles is 1. The van der Waals surface area contributed by atoms with Gasteiger partial charge in [-0.3, -0.25) is 0 Å². The lowest BCUT2D eigenvalue weighted by Gasteiger charge is -2.45. The van der Waals surface area contributed by atoms with Gasteiger partial charge in [0.15, 0.2) is 17.8 Å². The number of carbonyl (C=O) groups excluding carboxylic acids is 1. The second kappa shape index (κ2) is 8.87. The molecule has 1 fully saturated rings. The molecule has 0 aliphatic heterocycles. The van der Waals surface area contributed by atoms with E-state index in [1.165, 1.54) is 0 Å². The van der Waals surface area contributed by atoms with Crippen LogP contribution < -0.4 is 10.5 Å². The fourth-order valence-electron chi connectivity index (χ4n) is 5.29. The monoisotopic (exact) mass is 446 g/mol. The lowest BCUT2D eigenvalue weighted by Crippen LogP contribution is -2.48. The van der Waals surface area contributed by atoms with Crippen molar-refractivity contribution in [2.75, 3.05) is 21.2 Å². The molecule has 0 aromatic heterocycles. The zero-order valence-electron chi connectivity index (χ0n) is 19.4. The van der Waals surface area contributed by atoms with Crippen LogP contribution in [0, 0.1) is 16.7 Å². The quantitative estimate of drug-likeness (QED) is 0.426. The average Bonchev–Trinajstić information content (AvgIpc) is 3.08. The van der Waals surface area contributed by atoms with E-state index in [4.69, 9.17) is 20.2 Å². The van der Waals surface area contributed by atoms with Crippen LogP contribution in [0.5, 0.6) is 11.5 Å². The molecule has 2 aromatic rings. The molecule has 2 aromatic carbocycles. The molecule has 4 rings (SSSR count). The van der Waals surface area contributed by atoms with Crippen molar-refractivity contribution in [1.82, 2.24) is 4.90 Å². The Morgan fingerprint density at radius 1 is 1.21 bits per heavy atom. The minimum atomic E-state index is -1.09. The smallest absolute Gasteiger partial charge is 0.192 e. The largest absolute Gasteiger partial charge is 0.457 e. The maximum Gasteiger partial charge on any atom is 0.192 e. The van der Waals surface area contributed by atoms with Crippen LogP contribution >= 0.6 is 0 Å². The number of methoxy groups -OCH3 is 1. The normalized spacial score (nSPS) is 26.5. The van der Waals surface area contributed by atoms with Crippen molar-refractivity contribution < 1.29 is 14.3 Å². The number of nitrogens with two attached hydrogens (primary N) is 1. The Kier molecular flexibility index (Phi) is 6.13. The molecule has 33 heavy (non-hydrogen) atoms. The molecule has 2 aliphatic carbocycles. The van der Waals surface area contributed by atoms with Gasteiger partial charge in [-0.05, 0) is 73.6 Å². The molecule has 1 spiro atoms. The summed E-state index contributed by atoms with van der Waals surface area (Å²) in [5.41, 5.74) is 7.28. The number of ether oxygens (including phenoxy) is 2. The number of carbonyl (C=O) groups is 1. The van der Waals surface area contributed by atoms with Crippen LogP contribution in [-0.2, 0) is 21.5 Å². The number of benzene rings is 2. The van der Waals surface area contributed by atoms with Gasteiger partial charge in [0.25, 0.3) is 0 Å². The summed E-state index contributed by atoms with van der Waals surface area (Å²) in [7, 11) is 5.39. The van der Waals surface area contributed by atoms with Crippen molar-refractivity contribution in [3.05, 3.63) is 59.2 Å². The summed E-state index contributed by atoms with van der Waals surface area (Å²) in [4.78, 5) is 19.5. The molecule has 172 valence electrons. The topological polar surface area (TPSA) is 101 Å². The third-order valence-electron chi connectivity index (χ3n) is 7.17. The SMILES string of the molecule is COC1CCC2(CC1)Cc1ccc(Oc3cccc(C#N)c3)cc1[C@@]2(C=O)N=C(N)N(C)C. The van der Waals surface area contributed by atoms with Gasteiger partial charge in [0, 0.05) is 26.6 Å². The number of guanidine groups is 1. The van der Waals surface area contributed by atoms with E-state index in [0.717, 1.165) is 49.5 Å². The van der Waals surface area contributed by atoms with Crippen molar-refractivity contribution in [1.29, 1.82) is 5.26 Å². The number of nitrogens with zero attached hydrogens (tertiary/aromatic N) is 3. The zero-order chi connectivity index (χ0) is 23.6. The van der Waals surface area contributed by atoms with Crippen LogP contribution in [0.25, 0.3) is 0 Å². The summed E-state index contributed by atoms with van der Waals surface area (Å²) in [6, 6.07) is 15.0. The highest BCUT2D eigenvalue weighted by Crippen LogP contribution is 2.59. The molecule has 0 heterocycles. The van der Waals surface area contributed by atoms with E-state index in [1.54, 1.807) is 36.3 Å². The van der Waals surface area contributed by atoms with Gasteiger partial charge < -0.3 is 24.9 Å². The Labute approximate surface area is 194 Å². The summed E-state index contributed by atoms with van der Waals surface area (Å²) in [6.07, 6.45) is 5.33. The van der Waals surface area contributed by atoms with E-state index in [1.807, 2.05) is 32.3 Å². The molecule has 1 atom stereocenters.